The lowest BCUT2D eigenvalue weighted by Crippen LogP contribution is -2.39. The van der Waals surface area contributed by atoms with Gasteiger partial charge in [0.1, 0.15) is 5.69 Å². The number of aryl methyl sites for hydroxylation is 1. The standard InChI is InChI=1S/C20H24N2O2/c1-16-7-9-17(10-8-16)11-13-22(15-18-5-4-14-24-18)20(23)19-6-2-3-12-21-19/h2-3,6-10,12,18H,4-5,11,13-15H2,1H3. The molecule has 1 aromatic heterocycles. The minimum Gasteiger partial charge on any atom is -0.376 e. The molecule has 1 unspecified atom stereocenters. The van der Waals surface area contributed by atoms with Crippen LogP contribution >= 0.6 is 0 Å². The van der Waals surface area contributed by atoms with Crippen LogP contribution in [0.25, 0.3) is 0 Å². The Labute approximate surface area is 143 Å². The van der Waals surface area contributed by atoms with E-state index in [1.54, 1.807) is 12.3 Å². The molecular formula is C20H24N2O2. The van der Waals surface area contributed by atoms with Gasteiger partial charge in [-0.3, -0.25) is 9.78 Å². The van der Waals surface area contributed by atoms with Gasteiger partial charge in [-0.2, -0.15) is 0 Å². The smallest absolute Gasteiger partial charge is 0.272 e. The fraction of sp³-hybridized carbons (Fsp3) is 0.400. The number of nitrogens with zero attached hydrogens (tertiary/aromatic N) is 2. The van der Waals surface area contributed by atoms with E-state index >= 15 is 0 Å². The molecule has 1 aliphatic heterocycles. The van der Waals surface area contributed by atoms with Crippen LogP contribution in [-0.2, 0) is 11.2 Å². The van der Waals surface area contributed by atoms with E-state index in [-0.39, 0.29) is 12.0 Å². The Hall–Kier alpha value is -2.20. The molecule has 1 saturated heterocycles. The minimum absolute atomic E-state index is 0.0155. The number of hydrogen-bond acceptors (Lipinski definition) is 3. The van der Waals surface area contributed by atoms with E-state index in [2.05, 4.69) is 36.2 Å². The van der Waals surface area contributed by atoms with Gasteiger partial charge in [-0.1, -0.05) is 35.9 Å². The number of hydrogen-bond donors (Lipinski definition) is 0. The van der Waals surface area contributed by atoms with Crippen molar-refractivity contribution in [1.29, 1.82) is 0 Å². The van der Waals surface area contributed by atoms with E-state index in [0.717, 1.165) is 25.9 Å². The summed E-state index contributed by atoms with van der Waals surface area (Å²) in [6, 6.07) is 13.9. The second-order valence-electron chi connectivity index (χ2n) is 6.34. The van der Waals surface area contributed by atoms with Crippen LogP contribution in [0.1, 0.15) is 34.5 Å². The number of carbonyl (C=O) groups is 1. The average Bonchev–Trinajstić information content (AvgIpc) is 3.13. The highest BCUT2D eigenvalue weighted by molar-refractivity contribution is 5.92. The molecule has 1 atom stereocenters. The summed E-state index contributed by atoms with van der Waals surface area (Å²) in [5.74, 6) is -0.0155. The van der Waals surface area contributed by atoms with E-state index in [4.69, 9.17) is 4.74 Å². The van der Waals surface area contributed by atoms with Crippen molar-refractivity contribution in [2.24, 2.45) is 0 Å². The van der Waals surface area contributed by atoms with Gasteiger partial charge >= 0.3 is 0 Å². The van der Waals surface area contributed by atoms with Crippen molar-refractivity contribution in [3.63, 3.8) is 0 Å². The molecule has 1 aliphatic rings. The minimum atomic E-state index is -0.0155. The zero-order valence-electron chi connectivity index (χ0n) is 14.1. The molecule has 24 heavy (non-hydrogen) atoms. The Morgan fingerprint density at radius 1 is 1.25 bits per heavy atom. The van der Waals surface area contributed by atoms with Gasteiger partial charge < -0.3 is 9.64 Å². The molecule has 1 aromatic carbocycles. The number of pyridine rings is 1. The summed E-state index contributed by atoms with van der Waals surface area (Å²) < 4.78 is 5.72. The number of benzene rings is 1. The maximum absolute atomic E-state index is 12.8. The Kier molecular flexibility index (Phi) is 5.59. The van der Waals surface area contributed by atoms with Crippen LogP contribution in [0.15, 0.2) is 48.7 Å². The Bertz CT molecular complexity index is 649. The van der Waals surface area contributed by atoms with E-state index in [1.165, 1.54) is 11.1 Å². The van der Waals surface area contributed by atoms with Crippen molar-refractivity contribution in [1.82, 2.24) is 9.88 Å². The summed E-state index contributed by atoms with van der Waals surface area (Å²) >= 11 is 0. The zero-order chi connectivity index (χ0) is 16.8. The van der Waals surface area contributed by atoms with Crippen LogP contribution in [0.4, 0.5) is 0 Å². The lowest BCUT2D eigenvalue weighted by Gasteiger charge is -2.25. The highest BCUT2D eigenvalue weighted by Gasteiger charge is 2.23. The molecule has 4 heteroatoms. The van der Waals surface area contributed by atoms with Gasteiger partial charge in [0.2, 0.25) is 0 Å². The number of carbonyl (C=O) groups excluding carboxylic acids is 1. The van der Waals surface area contributed by atoms with Crippen molar-refractivity contribution in [2.75, 3.05) is 19.7 Å². The van der Waals surface area contributed by atoms with Crippen molar-refractivity contribution in [3.8, 4) is 0 Å². The molecule has 4 nitrogen and oxygen atoms in total. The van der Waals surface area contributed by atoms with Crippen molar-refractivity contribution in [3.05, 3.63) is 65.5 Å². The van der Waals surface area contributed by atoms with Gasteiger partial charge in [-0.05, 0) is 43.9 Å². The molecular weight excluding hydrogens is 300 g/mol. The zero-order valence-corrected chi connectivity index (χ0v) is 14.1. The number of rotatable bonds is 6. The van der Waals surface area contributed by atoms with Gasteiger partial charge in [-0.25, -0.2) is 0 Å². The third-order valence-corrected chi connectivity index (χ3v) is 4.41. The van der Waals surface area contributed by atoms with E-state index < -0.39 is 0 Å². The second-order valence-corrected chi connectivity index (χ2v) is 6.34. The van der Waals surface area contributed by atoms with Crippen LogP contribution in [-0.4, -0.2) is 41.6 Å². The van der Waals surface area contributed by atoms with Crippen molar-refractivity contribution >= 4 is 5.91 Å². The topological polar surface area (TPSA) is 42.4 Å². The first kappa shape index (κ1) is 16.7. The largest absolute Gasteiger partial charge is 0.376 e. The Morgan fingerprint density at radius 2 is 2.08 bits per heavy atom. The van der Waals surface area contributed by atoms with Crippen molar-refractivity contribution < 1.29 is 9.53 Å². The predicted molar refractivity (Wildman–Crippen MR) is 94.0 cm³/mol. The highest BCUT2D eigenvalue weighted by atomic mass is 16.5. The third-order valence-electron chi connectivity index (χ3n) is 4.41. The summed E-state index contributed by atoms with van der Waals surface area (Å²) in [5.41, 5.74) is 2.99. The second kappa shape index (κ2) is 8.06. The first-order valence-electron chi connectivity index (χ1n) is 8.60. The molecule has 1 fully saturated rings. The lowest BCUT2D eigenvalue weighted by molar-refractivity contribution is 0.0524. The number of amides is 1. The van der Waals surface area contributed by atoms with E-state index in [9.17, 15) is 4.79 Å². The Balaban J connectivity index is 1.68. The van der Waals surface area contributed by atoms with E-state index in [0.29, 0.717) is 18.8 Å². The average molecular weight is 324 g/mol. The number of ether oxygens (including phenoxy) is 1. The molecule has 0 spiro atoms. The fourth-order valence-electron chi connectivity index (χ4n) is 2.98. The summed E-state index contributed by atoms with van der Waals surface area (Å²) in [5, 5.41) is 0. The molecule has 0 radical (unpaired) electrons. The third kappa shape index (κ3) is 4.42. The lowest BCUT2D eigenvalue weighted by atomic mass is 10.1. The van der Waals surface area contributed by atoms with Crippen LogP contribution < -0.4 is 0 Å². The van der Waals surface area contributed by atoms with Crippen LogP contribution in [0.5, 0.6) is 0 Å². The van der Waals surface area contributed by atoms with Gasteiger partial charge in [0.05, 0.1) is 6.10 Å². The monoisotopic (exact) mass is 324 g/mol. The molecule has 2 aromatic rings. The van der Waals surface area contributed by atoms with Crippen LogP contribution in [0.2, 0.25) is 0 Å². The van der Waals surface area contributed by atoms with Gasteiger partial charge in [-0.15, -0.1) is 0 Å². The summed E-state index contributed by atoms with van der Waals surface area (Å²) in [6.07, 6.45) is 4.75. The predicted octanol–water partition coefficient (Wildman–Crippen LogP) is 3.25. The molecule has 0 N–H and O–H groups in total. The SMILES string of the molecule is Cc1ccc(CCN(CC2CCCO2)C(=O)c2ccccn2)cc1. The van der Waals surface area contributed by atoms with Crippen LogP contribution in [0.3, 0.4) is 0 Å². The highest BCUT2D eigenvalue weighted by Crippen LogP contribution is 2.15. The molecule has 2 heterocycles. The van der Waals surface area contributed by atoms with E-state index in [1.807, 2.05) is 17.0 Å². The summed E-state index contributed by atoms with van der Waals surface area (Å²) in [7, 11) is 0. The van der Waals surface area contributed by atoms with Gasteiger partial charge in [0.25, 0.3) is 5.91 Å². The number of aromatic nitrogens is 1. The molecule has 0 saturated carbocycles. The molecule has 0 bridgehead atoms. The first-order valence-corrected chi connectivity index (χ1v) is 8.60. The molecule has 1 amide bonds. The summed E-state index contributed by atoms with van der Waals surface area (Å²) in [6.45, 7) is 4.20. The van der Waals surface area contributed by atoms with Gasteiger partial charge in [0.15, 0.2) is 0 Å². The molecule has 0 aliphatic carbocycles. The molecule has 126 valence electrons. The maximum Gasteiger partial charge on any atom is 0.272 e. The molecule has 3 rings (SSSR count). The maximum atomic E-state index is 12.8. The van der Waals surface area contributed by atoms with Crippen molar-refractivity contribution in [2.45, 2.75) is 32.3 Å². The normalized spacial score (nSPS) is 17.0. The Morgan fingerprint density at radius 3 is 2.75 bits per heavy atom. The quantitative estimate of drug-likeness (QED) is 0.819. The fourth-order valence-corrected chi connectivity index (χ4v) is 2.98. The summed E-state index contributed by atoms with van der Waals surface area (Å²) in [4.78, 5) is 18.9. The van der Waals surface area contributed by atoms with Crippen LogP contribution in [0, 0.1) is 6.92 Å². The van der Waals surface area contributed by atoms with Gasteiger partial charge in [0, 0.05) is 25.9 Å². The first-order chi connectivity index (χ1) is 11.7.